The zero-order valence-corrected chi connectivity index (χ0v) is 17.8. The van der Waals surface area contributed by atoms with Crippen molar-refractivity contribution < 1.29 is 13.9 Å². The Kier molecular flexibility index (Phi) is 5.81. The maximum absolute atomic E-state index is 13.2. The summed E-state index contributed by atoms with van der Waals surface area (Å²) >= 11 is 1.44. The Morgan fingerprint density at radius 3 is 2.55 bits per heavy atom. The van der Waals surface area contributed by atoms with Crippen molar-refractivity contribution in [3.63, 3.8) is 0 Å². The second-order valence-corrected chi connectivity index (χ2v) is 8.11. The van der Waals surface area contributed by atoms with Gasteiger partial charge in [-0.05, 0) is 55.8 Å². The van der Waals surface area contributed by atoms with E-state index in [1.807, 2.05) is 38.1 Å². The van der Waals surface area contributed by atoms with E-state index in [9.17, 15) is 14.0 Å². The number of amides is 1. The van der Waals surface area contributed by atoms with Gasteiger partial charge in [-0.15, -0.1) is 11.3 Å². The van der Waals surface area contributed by atoms with Crippen LogP contribution in [0, 0.1) is 12.7 Å². The highest BCUT2D eigenvalue weighted by atomic mass is 32.1. The quantitative estimate of drug-likeness (QED) is 0.478. The number of hydrogen-bond acceptors (Lipinski definition) is 5. The van der Waals surface area contributed by atoms with Crippen molar-refractivity contribution in [3.05, 3.63) is 75.9 Å². The molecule has 2 aromatic carbocycles. The summed E-state index contributed by atoms with van der Waals surface area (Å²) in [5.74, 6) is -0.0284. The molecule has 0 unspecified atom stereocenters. The molecule has 0 bridgehead atoms. The molecule has 0 aliphatic rings. The van der Waals surface area contributed by atoms with Crippen LogP contribution in [-0.2, 0) is 11.3 Å². The van der Waals surface area contributed by atoms with Crippen molar-refractivity contribution in [3.8, 4) is 16.9 Å². The Hall–Kier alpha value is -3.52. The molecule has 6 nitrogen and oxygen atoms in total. The molecule has 0 saturated heterocycles. The summed E-state index contributed by atoms with van der Waals surface area (Å²) in [6, 6.07) is 13.0. The van der Waals surface area contributed by atoms with Crippen molar-refractivity contribution in [1.82, 2.24) is 9.55 Å². The molecular formula is C23H20FN3O3S. The van der Waals surface area contributed by atoms with E-state index in [1.54, 1.807) is 0 Å². The van der Waals surface area contributed by atoms with Crippen LogP contribution >= 0.6 is 11.3 Å². The largest absolute Gasteiger partial charge is 0.494 e. The zero-order chi connectivity index (χ0) is 22.0. The first-order chi connectivity index (χ1) is 15.0. The lowest BCUT2D eigenvalue weighted by atomic mass is 10.0. The van der Waals surface area contributed by atoms with Crippen molar-refractivity contribution in [2.24, 2.45) is 0 Å². The van der Waals surface area contributed by atoms with Crippen molar-refractivity contribution in [2.45, 2.75) is 20.4 Å². The maximum Gasteiger partial charge on any atom is 0.263 e. The van der Waals surface area contributed by atoms with E-state index >= 15 is 0 Å². The summed E-state index contributed by atoms with van der Waals surface area (Å²) in [5.41, 5.74) is 1.87. The molecule has 0 aliphatic carbocycles. The highest BCUT2D eigenvalue weighted by Gasteiger charge is 2.18. The van der Waals surface area contributed by atoms with Crippen molar-refractivity contribution in [1.29, 1.82) is 0 Å². The van der Waals surface area contributed by atoms with E-state index in [-0.39, 0.29) is 12.1 Å². The Morgan fingerprint density at radius 1 is 1.16 bits per heavy atom. The minimum absolute atomic E-state index is 0.198. The fraction of sp³-hybridized carbons (Fsp3) is 0.174. The number of nitrogens with one attached hydrogen (secondary N) is 1. The number of halogens is 1. The lowest BCUT2D eigenvalue weighted by Gasteiger charge is -2.08. The van der Waals surface area contributed by atoms with Gasteiger partial charge < -0.3 is 10.1 Å². The number of carbonyl (C=O) groups is 1. The first kappa shape index (κ1) is 20.7. The molecule has 31 heavy (non-hydrogen) atoms. The van der Waals surface area contributed by atoms with Gasteiger partial charge in [0.2, 0.25) is 5.91 Å². The van der Waals surface area contributed by atoms with Crippen LogP contribution in [0.2, 0.25) is 0 Å². The summed E-state index contributed by atoms with van der Waals surface area (Å²) < 4.78 is 19.8. The molecule has 4 aromatic rings. The molecule has 0 radical (unpaired) electrons. The fourth-order valence-electron chi connectivity index (χ4n) is 3.37. The van der Waals surface area contributed by atoms with E-state index in [0.29, 0.717) is 22.5 Å². The molecule has 0 spiro atoms. The fourth-order valence-corrected chi connectivity index (χ4v) is 4.37. The van der Waals surface area contributed by atoms with Crippen LogP contribution in [0.15, 0.2) is 59.7 Å². The Balaban J connectivity index is 1.66. The SMILES string of the molecule is CCOc1ccc(-c2c(C)sc3ncn(CC(=O)Nc4ccc(F)cc4)c(=O)c23)cc1. The number of aryl methyl sites for hydroxylation is 1. The van der Waals surface area contributed by atoms with E-state index in [1.165, 1.54) is 46.5 Å². The Bertz CT molecular complexity index is 1290. The number of fused-ring (bicyclic) bond motifs is 1. The molecular weight excluding hydrogens is 417 g/mol. The van der Waals surface area contributed by atoms with Crippen LogP contribution < -0.4 is 15.6 Å². The van der Waals surface area contributed by atoms with E-state index in [2.05, 4.69) is 10.3 Å². The third-order valence-corrected chi connectivity index (χ3v) is 5.76. The zero-order valence-electron chi connectivity index (χ0n) is 17.0. The predicted molar refractivity (Wildman–Crippen MR) is 120 cm³/mol. The first-order valence-electron chi connectivity index (χ1n) is 9.73. The number of thiophene rings is 1. The Morgan fingerprint density at radius 2 is 1.87 bits per heavy atom. The number of carbonyl (C=O) groups excluding carboxylic acids is 1. The van der Waals surface area contributed by atoms with Crippen LogP contribution in [0.25, 0.3) is 21.3 Å². The van der Waals surface area contributed by atoms with Crippen LogP contribution in [0.5, 0.6) is 5.75 Å². The van der Waals surface area contributed by atoms with Crippen LogP contribution in [0.4, 0.5) is 10.1 Å². The maximum atomic E-state index is 13.2. The number of hydrogen-bond donors (Lipinski definition) is 1. The molecule has 158 valence electrons. The predicted octanol–water partition coefficient (Wildman–Crippen LogP) is 4.61. The first-order valence-corrected chi connectivity index (χ1v) is 10.5. The van der Waals surface area contributed by atoms with Gasteiger partial charge in [0.15, 0.2) is 0 Å². The molecule has 8 heteroatoms. The Labute approximate surface area is 181 Å². The number of benzene rings is 2. The van der Waals surface area contributed by atoms with Crippen LogP contribution in [-0.4, -0.2) is 22.1 Å². The summed E-state index contributed by atoms with van der Waals surface area (Å²) in [6.07, 6.45) is 1.38. The summed E-state index contributed by atoms with van der Waals surface area (Å²) in [4.78, 5) is 31.6. The van der Waals surface area contributed by atoms with Gasteiger partial charge in [0.05, 0.1) is 18.3 Å². The molecule has 0 saturated carbocycles. The van der Waals surface area contributed by atoms with Crippen LogP contribution in [0.1, 0.15) is 11.8 Å². The van der Waals surface area contributed by atoms with Gasteiger partial charge in [0.1, 0.15) is 22.9 Å². The number of anilines is 1. The molecule has 0 atom stereocenters. The molecule has 2 heterocycles. The monoisotopic (exact) mass is 437 g/mol. The molecule has 1 N–H and O–H groups in total. The molecule has 4 rings (SSSR count). The molecule has 2 aromatic heterocycles. The minimum Gasteiger partial charge on any atom is -0.494 e. The van der Waals surface area contributed by atoms with Gasteiger partial charge in [-0.2, -0.15) is 0 Å². The third-order valence-electron chi connectivity index (χ3n) is 4.75. The molecule has 0 fully saturated rings. The smallest absolute Gasteiger partial charge is 0.263 e. The van der Waals surface area contributed by atoms with Crippen molar-refractivity contribution >= 4 is 33.1 Å². The van der Waals surface area contributed by atoms with Crippen molar-refractivity contribution in [2.75, 3.05) is 11.9 Å². The standard InChI is InChI=1S/C23H20FN3O3S/c1-3-30-18-10-4-15(5-11-18)20-14(2)31-22-21(20)23(29)27(13-25-22)12-19(28)26-17-8-6-16(24)7-9-17/h4-11,13H,3,12H2,1-2H3,(H,26,28). The van der Waals surface area contributed by atoms with Gasteiger partial charge in [-0.25, -0.2) is 9.37 Å². The number of nitrogens with zero attached hydrogens (tertiary/aromatic N) is 2. The van der Waals surface area contributed by atoms with E-state index in [4.69, 9.17) is 4.74 Å². The topological polar surface area (TPSA) is 73.2 Å². The molecule has 0 aliphatic heterocycles. The number of ether oxygens (including phenoxy) is 1. The van der Waals surface area contributed by atoms with Gasteiger partial charge in [-0.3, -0.25) is 14.2 Å². The van der Waals surface area contributed by atoms with Gasteiger partial charge >= 0.3 is 0 Å². The van der Waals surface area contributed by atoms with E-state index < -0.39 is 11.7 Å². The second-order valence-electron chi connectivity index (χ2n) is 6.90. The van der Waals surface area contributed by atoms with Gasteiger partial charge in [0.25, 0.3) is 5.56 Å². The highest BCUT2D eigenvalue weighted by molar-refractivity contribution is 7.19. The average molecular weight is 437 g/mol. The normalized spacial score (nSPS) is 10.9. The second kappa shape index (κ2) is 8.69. The van der Waals surface area contributed by atoms with Gasteiger partial charge in [-0.1, -0.05) is 12.1 Å². The average Bonchev–Trinajstić information content (AvgIpc) is 3.09. The van der Waals surface area contributed by atoms with Gasteiger partial charge in [0, 0.05) is 16.1 Å². The van der Waals surface area contributed by atoms with E-state index in [0.717, 1.165) is 21.8 Å². The molecule has 1 amide bonds. The summed E-state index contributed by atoms with van der Waals surface area (Å²) in [7, 11) is 0. The minimum atomic E-state index is -0.399. The third kappa shape index (κ3) is 4.34. The lowest BCUT2D eigenvalue weighted by Crippen LogP contribution is -2.27. The van der Waals surface area contributed by atoms with Crippen LogP contribution in [0.3, 0.4) is 0 Å². The highest BCUT2D eigenvalue weighted by Crippen LogP contribution is 2.36. The summed E-state index contributed by atoms with van der Waals surface area (Å²) in [5, 5.41) is 3.15. The lowest BCUT2D eigenvalue weighted by molar-refractivity contribution is -0.116. The summed E-state index contributed by atoms with van der Waals surface area (Å²) in [6.45, 7) is 4.25. The number of rotatable bonds is 6. The number of aromatic nitrogens is 2.